The normalized spacial score (nSPS) is 12.4. The van der Waals surface area contributed by atoms with Crippen molar-refractivity contribution in [2.45, 2.75) is 12.5 Å². The molecule has 19 heavy (non-hydrogen) atoms. The molecule has 3 N–H and O–H groups in total. The van der Waals surface area contributed by atoms with Crippen LogP contribution >= 0.6 is 45.8 Å². The molecule has 1 unspecified atom stereocenters. The molecule has 0 bridgehead atoms. The Morgan fingerprint density at radius 1 is 1.26 bits per heavy atom. The van der Waals surface area contributed by atoms with Gasteiger partial charge in [0.25, 0.3) is 0 Å². The maximum Gasteiger partial charge on any atom is 0.0777 e. The SMILES string of the molecule is NNC(Cc1ccc(I)cc1)c1ncc(Cl)cc1Cl. The van der Waals surface area contributed by atoms with Gasteiger partial charge in [-0.3, -0.25) is 16.3 Å². The van der Waals surface area contributed by atoms with Crippen LogP contribution in [0.3, 0.4) is 0 Å². The predicted molar refractivity (Wildman–Crippen MR) is 87.2 cm³/mol. The van der Waals surface area contributed by atoms with Crippen molar-refractivity contribution in [1.82, 2.24) is 10.4 Å². The van der Waals surface area contributed by atoms with Crippen molar-refractivity contribution in [3.8, 4) is 0 Å². The number of hydrogen-bond acceptors (Lipinski definition) is 3. The van der Waals surface area contributed by atoms with Crippen molar-refractivity contribution in [2.24, 2.45) is 5.84 Å². The van der Waals surface area contributed by atoms with Gasteiger partial charge in [-0.2, -0.15) is 0 Å². The van der Waals surface area contributed by atoms with Crippen LogP contribution in [0.25, 0.3) is 0 Å². The number of halogens is 3. The van der Waals surface area contributed by atoms with Gasteiger partial charge in [0.15, 0.2) is 0 Å². The van der Waals surface area contributed by atoms with Crippen LogP contribution in [-0.2, 0) is 6.42 Å². The van der Waals surface area contributed by atoms with E-state index in [0.29, 0.717) is 22.2 Å². The van der Waals surface area contributed by atoms with E-state index in [1.54, 1.807) is 12.3 Å². The third-order valence-electron chi connectivity index (χ3n) is 2.72. The number of hydrogen-bond donors (Lipinski definition) is 2. The molecule has 2 rings (SSSR count). The lowest BCUT2D eigenvalue weighted by Gasteiger charge is -2.17. The summed E-state index contributed by atoms with van der Waals surface area (Å²) in [6.07, 6.45) is 2.28. The van der Waals surface area contributed by atoms with Crippen molar-refractivity contribution < 1.29 is 0 Å². The molecule has 1 aromatic carbocycles. The molecule has 1 aromatic heterocycles. The van der Waals surface area contributed by atoms with Gasteiger partial charge in [-0.05, 0) is 52.8 Å². The van der Waals surface area contributed by atoms with E-state index < -0.39 is 0 Å². The highest BCUT2D eigenvalue weighted by molar-refractivity contribution is 14.1. The van der Waals surface area contributed by atoms with Gasteiger partial charge in [0.1, 0.15) is 0 Å². The first-order chi connectivity index (χ1) is 9.10. The number of benzene rings is 1. The van der Waals surface area contributed by atoms with Crippen LogP contribution < -0.4 is 11.3 Å². The summed E-state index contributed by atoms with van der Waals surface area (Å²) in [7, 11) is 0. The molecule has 0 saturated carbocycles. The van der Waals surface area contributed by atoms with Crippen LogP contribution in [0.4, 0.5) is 0 Å². The molecule has 0 aliphatic heterocycles. The average Bonchev–Trinajstić information content (AvgIpc) is 2.39. The van der Waals surface area contributed by atoms with Gasteiger partial charge in [0.05, 0.1) is 21.8 Å². The van der Waals surface area contributed by atoms with E-state index in [-0.39, 0.29) is 6.04 Å². The van der Waals surface area contributed by atoms with E-state index in [2.05, 4.69) is 57.3 Å². The Hall–Kier alpha value is -0.400. The van der Waals surface area contributed by atoms with Gasteiger partial charge < -0.3 is 0 Å². The van der Waals surface area contributed by atoms with E-state index >= 15 is 0 Å². The first-order valence-electron chi connectivity index (χ1n) is 5.61. The van der Waals surface area contributed by atoms with Crippen molar-refractivity contribution in [2.75, 3.05) is 0 Å². The number of aromatic nitrogens is 1. The van der Waals surface area contributed by atoms with Crippen LogP contribution in [0.15, 0.2) is 36.5 Å². The summed E-state index contributed by atoms with van der Waals surface area (Å²) in [4.78, 5) is 4.25. The zero-order valence-corrected chi connectivity index (χ0v) is 13.6. The van der Waals surface area contributed by atoms with E-state index in [9.17, 15) is 0 Å². The first kappa shape index (κ1) is 15.0. The van der Waals surface area contributed by atoms with Crippen LogP contribution in [-0.4, -0.2) is 4.98 Å². The van der Waals surface area contributed by atoms with Crippen LogP contribution in [0.1, 0.15) is 17.3 Å². The zero-order valence-electron chi connectivity index (χ0n) is 9.91. The summed E-state index contributed by atoms with van der Waals surface area (Å²) in [6.45, 7) is 0. The number of nitrogens with one attached hydrogen (secondary N) is 1. The molecule has 6 heteroatoms. The lowest BCUT2D eigenvalue weighted by molar-refractivity contribution is 0.538. The maximum atomic E-state index is 6.15. The Bertz CT molecular complexity index is 560. The van der Waals surface area contributed by atoms with Gasteiger partial charge in [-0.25, -0.2) is 0 Å². The molecule has 0 amide bonds. The van der Waals surface area contributed by atoms with Crippen LogP contribution in [0.5, 0.6) is 0 Å². The smallest absolute Gasteiger partial charge is 0.0777 e. The standard InChI is InChI=1S/C13H12Cl2IN3/c14-9-6-11(15)13(18-7-9)12(19-17)5-8-1-3-10(16)4-2-8/h1-4,6-7,12,19H,5,17H2. The highest BCUT2D eigenvalue weighted by Gasteiger charge is 2.16. The van der Waals surface area contributed by atoms with Crippen LogP contribution in [0, 0.1) is 3.57 Å². The van der Waals surface area contributed by atoms with Gasteiger partial charge in [-0.1, -0.05) is 35.3 Å². The molecule has 0 aliphatic rings. The maximum absolute atomic E-state index is 6.15. The quantitative estimate of drug-likeness (QED) is 0.461. The average molecular weight is 408 g/mol. The fourth-order valence-electron chi connectivity index (χ4n) is 1.77. The largest absolute Gasteiger partial charge is 0.271 e. The Morgan fingerprint density at radius 2 is 1.95 bits per heavy atom. The van der Waals surface area contributed by atoms with Crippen molar-refractivity contribution >= 4 is 45.8 Å². The fourth-order valence-corrected chi connectivity index (χ4v) is 2.64. The molecule has 0 radical (unpaired) electrons. The van der Waals surface area contributed by atoms with Gasteiger partial charge in [0.2, 0.25) is 0 Å². The summed E-state index contributed by atoms with van der Waals surface area (Å²) in [5.74, 6) is 5.61. The van der Waals surface area contributed by atoms with Crippen LogP contribution in [0.2, 0.25) is 10.0 Å². The molecule has 100 valence electrons. The number of rotatable bonds is 4. The Labute approximate surface area is 135 Å². The lowest BCUT2D eigenvalue weighted by Crippen LogP contribution is -2.30. The number of pyridine rings is 1. The summed E-state index contributed by atoms with van der Waals surface area (Å²) in [6, 6.07) is 9.76. The van der Waals surface area contributed by atoms with Gasteiger partial charge in [-0.15, -0.1) is 0 Å². The molecular formula is C13H12Cl2IN3. The Morgan fingerprint density at radius 3 is 2.53 bits per heavy atom. The minimum atomic E-state index is -0.148. The highest BCUT2D eigenvalue weighted by Crippen LogP contribution is 2.25. The third kappa shape index (κ3) is 4.03. The molecule has 0 aliphatic carbocycles. The topological polar surface area (TPSA) is 50.9 Å². The molecule has 1 atom stereocenters. The molecule has 2 aromatic rings. The third-order valence-corrected chi connectivity index (χ3v) is 3.95. The second kappa shape index (κ2) is 6.85. The summed E-state index contributed by atoms with van der Waals surface area (Å²) in [5.41, 5.74) is 4.61. The van der Waals surface area contributed by atoms with E-state index in [1.165, 1.54) is 3.57 Å². The lowest BCUT2D eigenvalue weighted by atomic mass is 10.0. The molecule has 0 spiro atoms. The molecule has 1 heterocycles. The van der Waals surface area contributed by atoms with Crippen molar-refractivity contribution in [1.29, 1.82) is 0 Å². The number of hydrazine groups is 1. The fraction of sp³-hybridized carbons (Fsp3) is 0.154. The molecule has 3 nitrogen and oxygen atoms in total. The van der Waals surface area contributed by atoms with Crippen molar-refractivity contribution in [3.05, 3.63) is 61.4 Å². The highest BCUT2D eigenvalue weighted by atomic mass is 127. The minimum absolute atomic E-state index is 0.148. The van der Waals surface area contributed by atoms with E-state index in [1.807, 2.05) is 0 Å². The second-order valence-corrected chi connectivity index (χ2v) is 6.16. The van der Waals surface area contributed by atoms with Gasteiger partial charge in [0, 0.05) is 9.77 Å². The molecule has 0 saturated heterocycles. The summed E-state index contributed by atoms with van der Waals surface area (Å²) >= 11 is 14.3. The number of nitrogens with zero attached hydrogens (tertiary/aromatic N) is 1. The Balaban J connectivity index is 2.22. The molecule has 0 fully saturated rings. The second-order valence-electron chi connectivity index (χ2n) is 4.07. The predicted octanol–water partition coefficient (Wildman–Crippen LogP) is 3.74. The summed E-state index contributed by atoms with van der Waals surface area (Å²) < 4.78 is 1.20. The van der Waals surface area contributed by atoms with E-state index in [4.69, 9.17) is 29.0 Å². The Kier molecular flexibility index (Phi) is 5.41. The molecular weight excluding hydrogens is 396 g/mol. The first-order valence-corrected chi connectivity index (χ1v) is 7.45. The van der Waals surface area contributed by atoms with E-state index in [0.717, 1.165) is 5.56 Å². The minimum Gasteiger partial charge on any atom is -0.271 e. The van der Waals surface area contributed by atoms with Gasteiger partial charge >= 0.3 is 0 Å². The summed E-state index contributed by atoms with van der Waals surface area (Å²) in [5, 5.41) is 1.03. The van der Waals surface area contributed by atoms with Crippen molar-refractivity contribution in [3.63, 3.8) is 0 Å². The number of nitrogens with two attached hydrogens (primary N) is 1. The monoisotopic (exact) mass is 407 g/mol. The zero-order chi connectivity index (χ0) is 13.8.